The summed E-state index contributed by atoms with van der Waals surface area (Å²) in [5.74, 6) is 2.24. The van der Waals surface area contributed by atoms with E-state index in [0.29, 0.717) is 12.5 Å². The number of rotatable bonds is 2. The Morgan fingerprint density at radius 2 is 2.43 bits per heavy atom. The van der Waals surface area contributed by atoms with Gasteiger partial charge in [-0.2, -0.15) is 0 Å². The molecule has 0 saturated heterocycles. The molecule has 0 unspecified atom stereocenters. The van der Waals surface area contributed by atoms with Gasteiger partial charge in [-0.3, -0.25) is 0 Å². The van der Waals surface area contributed by atoms with E-state index in [2.05, 4.69) is 6.07 Å². The Morgan fingerprint density at radius 3 is 3.14 bits per heavy atom. The van der Waals surface area contributed by atoms with Crippen LogP contribution in [0.15, 0.2) is 18.2 Å². The Labute approximate surface area is 83.8 Å². The van der Waals surface area contributed by atoms with Gasteiger partial charge in [0.25, 0.3) is 0 Å². The molecule has 1 aromatic rings. The van der Waals surface area contributed by atoms with Crippen molar-refractivity contribution in [3.05, 3.63) is 23.8 Å². The number of methoxy groups -OCH3 is 1. The van der Waals surface area contributed by atoms with Gasteiger partial charge in [-0.05, 0) is 24.6 Å². The van der Waals surface area contributed by atoms with Crippen molar-refractivity contribution in [2.24, 2.45) is 11.7 Å². The lowest BCUT2D eigenvalue weighted by atomic mass is 9.97. The molecular weight excluding hydrogens is 178 g/mol. The Kier molecular flexibility index (Phi) is 2.59. The second-order valence-electron chi connectivity index (χ2n) is 3.59. The summed E-state index contributed by atoms with van der Waals surface area (Å²) < 4.78 is 10.7. The molecular formula is C11H15NO2. The molecule has 2 rings (SSSR count). The van der Waals surface area contributed by atoms with E-state index in [1.54, 1.807) is 7.11 Å². The van der Waals surface area contributed by atoms with Gasteiger partial charge < -0.3 is 15.2 Å². The largest absolute Gasteiger partial charge is 0.497 e. The summed E-state index contributed by atoms with van der Waals surface area (Å²) in [5.41, 5.74) is 6.84. The Balaban J connectivity index is 2.23. The molecule has 0 amide bonds. The number of ether oxygens (including phenoxy) is 2. The topological polar surface area (TPSA) is 44.5 Å². The van der Waals surface area contributed by atoms with Gasteiger partial charge in [0.2, 0.25) is 0 Å². The van der Waals surface area contributed by atoms with Crippen molar-refractivity contribution in [2.75, 3.05) is 20.3 Å². The fourth-order valence-corrected chi connectivity index (χ4v) is 1.69. The van der Waals surface area contributed by atoms with Crippen LogP contribution in [0.1, 0.15) is 5.56 Å². The minimum absolute atomic E-state index is 0.455. The molecule has 0 radical (unpaired) electrons. The molecule has 2 N–H and O–H groups in total. The Hall–Kier alpha value is -1.22. The first kappa shape index (κ1) is 9.34. The standard InChI is InChI=1S/C11H15NO2/c1-13-10-3-2-9-4-8(6-12)7-14-11(9)5-10/h2-3,5,8H,4,6-7,12H2,1H3/t8-/m1/s1. The van der Waals surface area contributed by atoms with E-state index in [1.807, 2.05) is 12.1 Å². The highest BCUT2D eigenvalue weighted by Crippen LogP contribution is 2.30. The van der Waals surface area contributed by atoms with E-state index >= 15 is 0 Å². The molecule has 3 nitrogen and oxygen atoms in total. The molecule has 1 aromatic carbocycles. The van der Waals surface area contributed by atoms with Crippen LogP contribution < -0.4 is 15.2 Å². The lowest BCUT2D eigenvalue weighted by molar-refractivity contribution is 0.225. The van der Waals surface area contributed by atoms with E-state index in [-0.39, 0.29) is 0 Å². The van der Waals surface area contributed by atoms with E-state index < -0.39 is 0 Å². The van der Waals surface area contributed by atoms with Crippen LogP contribution in [0.3, 0.4) is 0 Å². The molecule has 0 spiro atoms. The fraction of sp³-hybridized carbons (Fsp3) is 0.455. The summed E-state index contributed by atoms with van der Waals surface area (Å²) in [5, 5.41) is 0. The summed E-state index contributed by atoms with van der Waals surface area (Å²) >= 11 is 0. The van der Waals surface area contributed by atoms with Gasteiger partial charge in [0.05, 0.1) is 13.7 Å². The van der Waals surface area contributed by atoms with Crippen molar-refractivity contribution in [3.63, 3.8) is 0 Å². The fourth-order valence-electron chi connectivity index (χ4n) is 1.69. The maximum absolute atomic E-state index is 5.61. The smallest absolute Gasteiger partial charge is 0.126 e. The van der Waals surface area contributed by atoms with Crippen LogP contribution in [0.25, 0.3) is 0 Å². The third-order valence-electron chi connectivity index (χ3n) is 2.59. The van der Waals surface area contributed by atoms with Gasteiger partial charge in [0, 0.05) is 12.0 Å². The molecule has 0 fully saturated rings. The average molecular weight is 193 g/mol. The number of benzene rings is 1. The van der Waals surface area contributed by atoms with E-state index in [0.717, 1.165) is 24.5 Å². The summed E-state index contributed by atoms with van der Waals surface area (Å²) in [6, 6.07) is 5.94. The van der Waals surface area contributed by atoms with Crippen molar-refractivity contribution in [1.29, 1.82) is 0 Å². The van der Waals surface area contributed by atoms with Crippen LogP contribution in [0.2, 0.25) is 0 Å². The molecule has 0 bridgehead atoms. The molecule has 1 aliphatic rings. The predicted octanol–water partition coefficient (Wildman–Crippen LogP) is 1.20. The Bertz CT molecular complexity index is 325. The van der Waals surface area contributed by atoms with E-state index in [1.165, 1.54) is 5.56 Å². The van der Waals surface area contributed by atoms with Crippen molar-refractivity contribution in [2.45, 2.75) is 6.42 Å². The van der Waals surface area contributed by atoms with Crippen LogP contribution in [0, 0.1) is 5.92 Å². The van der Waals surface area contributed by atoms with Crippen LogP contribution in [0.4, 0.5) is 0 Å². The highest BCUT2D eigenvalue weighted by molar-refractivity contribution is 5.42. The minimum Gasteiger partial charge on any atom is -0.497 e. The van der Waals surface area contributed by atoms with Crippen LogP contribution in [-0.2, 0) is 6.42 Å². The first-order valence-corrected chi connectivity index (χ1v) is 4.83. The van der Waals surface area contributed by atoms with Crippen molar-refractivity contribution in [3.8, 4) is 11.5 Å². The lowest BCUT2D eigenvalue weighted by Gasteiger charge is -2.24. The summed E-state index contributed by atoms with van der Waals surface area (Å²) in [7, 11) is 1.66. The molecule has 0 aromatic heterocycles. The molecule has 14 heavy (non-hydrogen) atoms. The molecule has 0 saturated carbocycles. The zero-order valence-electron chi connectivity index (χ0n) is 8.32. The van der Waals surface area contributed by atoms with E-state index in [4.69, 9.17) is 15.2 Å². The second-order valence-corrected chi connectivity index (χ2v) is 3.59. The quantitative estimate of drug-likeness (QED) is 0.767. The molecule has 1 heterocycles. The monoisotopic (exact) mass is 193 g/mol. The minimum atomic E-state index is 0.455. The number of hydrogen-bond acceptors (Lipinski definition) is 3. The molecule has 76 valence electrons. The van der Waals surface area contributed by atoms with Crippen LogP contribution in [-0.4, -0.2) is 20.3 Å². The summed E-state index contributed by atoms with van der Waals surface area (Å²) in [6.45, 7) is 1.40. The van der Waals surface area contributed by atoms with Gasteiger partial charge in [0.1, 0.15) is 11.5 Å². The summed E-state index contributed by atoms with van der Waals surface area (Å²) in [4.78, 5) is 0. The van der Waals surface area contributed by atoms with Gasteiger partial charge in [-0.15, -0.1) is 0 Å². The SMILES string of the molecule is COc1ccc2c(c1)OC[C@@H](CN)C2. The first-order chi connectivity index (χ1) is 6.83. The number of fused-ring (bicyclic) bond motifs is 1. The van der Waals surface area contributed by atoms with Gasteiger partial charge in [0.15, 0.2) is 0 Å². The van der Waals surface area contributed by atoms with Crippen LogP contribution in [0.5, 0.6) is 11.5 Å². The van der Waals surface area contributed by atoms with Crippen molar-refractivity contribution in [1.82, 2.24) is 0 Å². The highest BCUT2D eigenvalue weighted by atomic mass is 16.5. The van der Waals surface area contributed by atoms with Crippen LogP contribution >= 0.6 is 0 Å². The maximum atomic E-state index is 5.61. The molecule has 0 aliphatic carbocycles. The molecule has 1 aliphatic heterocycles. The predicted molar refractivity (Wildman–Crippen MR) is 54.7 cm³/mol. The van der Waals surface area contributed by atoms with E-state index in [9.17, 15) is 0 Å². The molecule has 1 atom stereocenters. The van der Waals surface area contributed by atoms with Crippen molar-refractivity contribution >= 4 is 0 Å². The normalized spacial score (nSPS) is 19.7. The third-order valence-corrected chi connectivity index (χ3v) is 2.59. The summed E-state index contributed by atoms with van der Waals surface area (Å²) in [6.07, 6.45) is 1.01. The van der Waals surface area contributed by atoms with Gasteiger partial charge in [-0.25, -0.2) is 0 Å². The zero-order valence-corrected chi connectivity index (χ0v) is 8.32. The van der Waals surface area contributed by atoms with Gasteiger partial charge >= 0.3 is 0 Å². The lowest BCUT2D eigenvalue weighted by Crippen LogP contribution is -2.27. The van der Waals surface area contributed by atoms with Gasteiger partial charge in [-0.1, -0.05) is 6.07 Å². The Morgan fingerprint density at radius 1 is 1.57 bits per heavy atom. The highest BCUT2D eigenvalue weighted by Gasteiger charge is 2.18. The third kappa shape index (κ3) is 1.68. The zero-order chi connectivity index (χ0) is 9.97. The number of hydrogen-bond donors (Lipinski definition) is 1. The first-order valence-electron chi connectivity index (χ1n) is 4.83. The number of nitrogens with two attached hydrogens (primary N) is 1. The average Bonchev–Trinajstić information content (AvgIpc) is 2.27. The maximum Gasteiger partial charge on any atom is 0.126 e. The van der Waals surface area contributed by atoms with Crippen molar-refractivity contribution < 1.29 is 9.47 Å². The second kappa shape index (κ2) is 3.88. The molecule has 3 heteroatoms.